The van der Waals surface area contributed by atoms with E-state index < -0.39 is 5.82 Å². The molecule has 128 valence electrons. The molecule has 5 nitrogen and oxygen atoms in total. The Hall–Kier alpha value is -2.89. The second kappa shape index (κ2) is 6.20. The number of hydrogen-bond donors (Lipinski definition) is 0. The summed E-state index contributed by atoms with van der Waals surface area (Å²) in [5.41, 5.74) is 2.19. The zero-order valence-electron chi connectivity index (χ0n) is 14.0. The number of benzene rings is 2. The van der Waals surface area contributed by atoms with Gasteiger partial charge in [-0.2, -0.15) is 0 Å². The molecule has 0 unspecified atom stereocenters. The van der Waals surface area contributed by atoms with Crippen molar-refractivity contribution >= 4 is 22.9 Å². The lowest BCUT2D eigenvalue weighted by Gasteiger charge is -2.35. The lowest BCUT2D eigenvalue weighted by Crippen LogP contribution is -2.49. The molecule has 6 heteroatoms. The van der Waals surface area contributed by atoms with Crippen molar-refractivity contribution in [3.05, 3.63) is 59.9 Å². The molecule has 1 aromatic heterocycles. The van der Waals surface area contributed by atoms with Crippen LogP contribution in [0.25, 0.3) is 11.0 Å². The maximum atomic E-state index is 13.8. The Kier molecular flexibility index (Phi) is 3.87. The highest BCUT2D eigenvalue weighted by Crippen LogP contribution is 2.22. The Morgan fingerprint density at radius 3 is 2.40 bits per heavy atom. The fourth-order valence-electron chi connectivity index (χ4n) is 3.33. The zero-order chi connectivity index (χ0) is 17.4. The summed E-state index contributed by atoms with van der Waals surface area (Å²) in [6.45, 7) is 2.46. The molecule has 0 aliphatic carbocycles. The molecule has 4 rings (SSSR count). The quantitative estimate of drug-likeness (QED) is 0.721. The van der Waals surface area contributed by atoms with E-state index in [2.05, 4.69) is 9.47 Å². The van der Waals surface area contributed by atoms with Crippen molar-refractivity contribution in [2.75, 3.05) is 31.1 Å². The van der Waals surface area contributed by atoms with Gasteiger partial charge < -0.3 is 14.4 Å². The molecular weight excluding hydrogens is 319 g/mol. The van der Waals surface area contributed by atoms with Crippen LogP contribution in [0.1, 0.15) is 10.4 Å². The van der Waals surface area contributed by atoms with E-state index in [1.807, 2.05) is 31.3 Å². The number of carbonyl (C=O) groups excluding carboxylic acids is 1. The summed E-state index contributed by atoms with van der Waals surface area (Å²) in [6, 6.07) is 14.2. The van der Waals surface area contributed by atoms with Crippen LogP contribution in [0.4, 0.5) is 10.3 Å². The van der Waals surface area contributed by atoms with E-state index in [9.17, 15) is 9.18 Å². The first kappa shape index (κ1) is 15.6. The highest BCUT2D eigenvalue weighted by molar-refractivity contribution is 5.94. The van der Waals surface area contributed by atoms with Crippen molar-refractivity contribution in [1.29, 1.82) is 0 Å². The van der Waals surface area contributed by atoms with Gasteiger partial charge in [-0.1, -0.05) is 24.3 Å². The Labute approximate surface area is 145 Å². The molecule has 2 heterocycles. The number of fused-ring (bicyclic) bond motifs is 1. The Morgan fingerprint density at radius 2 is 1.68 bits per heavy atom. The van der Waals surface area contributed by atoms with Crippen molar-refractivity contribution in [2.45, 2.75) is 0 Å². The average Bonchev–Trinajstić information content (AvgIpc) is 2.99. The van der Waals surface area contributed by atoms with Crippen LogP contribution in [0.3, 0.4) is 0 Å². The summed E-state index contributed by atoms with van der Waals surface area (Å²) in [6.07, 6.45) is 0. The second-order valence-corrected chi connectivity index (χ2v) is 6.22. The number of aryl methyl sites for hydroxylation is 1. The third-order valence-corrected chi connectivity index (χ3v) is 4.72. The van der Waals surface area contributed by atoms with Gasteiger partial charge in [0.05, 0.1) is 16.6 Å². The van der Waals surface area contributed by atoms with Gasteiger partial charge >= 0.3 is 0 Å². The number of piperazine rings is 1. The lowest BCUT2D eigenvalue weighted by atomic mass is 10.1. The predicted octanol–water partition coefficient (Wildman–Crippen LogP) is 2.67. The Balaban J connectivity index is 1.50. The minimum atomic E-state index is -0.467. The van der Waals surface area contributed by atoms with E-state index >= 15 is 0 Å². The highest BCUT2D eigenvalue weighted by atomic mass is 19.1. The molecule has 0 bridgehead atoms. The molecule has 0 radical (unpaired) electrons. The first-order valence-corrected chi connectivity index (χ1v) is 8.35. The van der Waals surface area contributed by atoms with Gasteiger partial charge in [0.2, 0.25) is 5.95 Å². The number of nitrogens with zero attached hydrogens (tertiary/aromatic N) is 4. The number of aromatic nitrogens is 2. The maximum Gasteiger partial charge on any atom is 0.256 e. The molecule has 0 saturated carbocycles. The largest absolute Gasteiger partial charge is 0.339 e. The van der Waals surface area contributed by atoms with Crippen LogP contribution in [0, 0.1) is 5.82 Å². The average molecular weight is 338 g/mol. The number of hydrogen-bond acceptors (Lipinski definition) is 3. The fourth-order valence-corrected chi connectivity index (χ4v) is 3.33. The number of halogens is 1. The van der Waals surface area contributed by atoms with Gasteiger partial charge in [0.15, 0.2) is 0 Å². The second-order valence-electron chi connectivity index (χ2n) is 6.22. The van der Waals surface area contributed by atoms with Crippen LogP contribution in [0.15, 0.2) is 48.5 Å². The molecular formula is C19H19FN4O. The summed E-state index contributed by atoms with van der Waals surface area (Å²) >= 11 is 0. The van der Waals surface area contributed by atoms with Gasteiger partial charge in [-0.15, -0.1) is 0 Å². The number of amides is 1. The third-order valence-electron chi connectivity index (χ3n) is 4.72. The lowest BCUT2D eigenvalue weighted by molar-refractivity contribution is 0.0741. The van der Waals surface area contributed by atoms with Crippen LogP contribution in [0.5, 0.6) is 0 Å². The molecule has 1 fully saturated rings. The summed E-state index contributed by atoms with van der Waals surface area (Å²) in [4.78, 5) is 21.1. The third kappa shape index (κ3) is 2.73. The SMILES string of the molecule is Cn1c(N2CCN(C(=O)c3ccccc3F)CC2)nc2ccccc21. The monoisotopic (exact) mass is 338 g/mol. The fraction of sp³-hybridized carbons (Fsp3) is 0.263. The Morgan fingerprint density at radius 1 is 1.00 bits per heavy atom. The number of anilines is 1. The molecule has 3 aromatic rings. The van der Waals surface area contributed by atoms with Crippen LogP contribution in [-0.2, 0) is 7.05 Å². The number of para-hydroxylation sites is 2. The number of carbonyl (C=O) groups is 1. The van der Waals surface area contributed by atoms with Crippen molar-refractivity contribution in [3.63, 3.8) is 0 Å². The predicted molar refractivity (Wildman–Crippen MR) is 95.2 cm³/mol. The van der Waals surface area contributed by atoms with Crippen molar-refractivity contribution in [1.82, 2.24) is 14.5 Å². The van der Waals surface area contributed by atoms with Gasteiger partial charge in [0.1, 0.15) is 5.82 Å². The van der Waals surface area contributed by atoms with Crippen molar-refractivity contribution in [2.24, 2.45) is 7.05 Å². The first-order chi connectivity index (χ1) is 12.1. The van der Waals surface area contributed by atoms with Gasteiger partial charge in [0.25, 0.3) is 5.91 Å². The summed E-state index contributed by atoms with van der Waals surface area (Å²) in [7, 11) is 2.00. The molecule has 0 spiro atoms. The number of imidazole rings is 1. The molecule has 1 aliphatic heterocycles. The van der Waals surface area contributed by atoms with Crippen LogP contribution in [-0.4, -0.2) is 46.5 Å². The van der Waals surface area contributed by atoms with Crippen LogP contribution >= 0.6 is 0 Å². The van der Waals surface area contributed by atoms with E-state index in [4.69, 9.17) is 4.98 Å². The molecule has 25 heavy (non-hydrogen) atoms. The minimum Gasteiger partial charge on any atom is -0.339 e. The van der Waals surface area contributed by atoms with Crippen molar-refractivity contribution < 1.29 is 9.18 Å². The van der Waals surface area contributed by atoms with Crippen LogP contribution < -0.4 is 4.90 Å². The molecule has 1 amide bonds. The minimum absolute atomic E-state index is 0.138. The van der Waals surface area contributed by atoms with E-state index in [1.165, 1.54) is 12.1 Å². The topological polar surface area (TPSA) is 41.4 Å². The van der Waals surface area contributed by atoms with E-state index in [0.717, 1.165) is 17.0 Å². The Bertz CT molecular complexity index is 928. The van der Waals surface area contributed by atoms with Gasteiger partial charge in [0, 0.05) is 33.2 Å². The molecule has 1 aliphatic rings. The number of rotatable bonds is 2. The van der Waals surface area contributed by atoms with E-state index in [-0.39, 0.29) is 11.5 Å². The summed E-state index contributed by atoms with van der Waals surface area (Å²) < 4.78 is 15.9. The smallest absolute Gasteiger partial charge is 0.256 e. The van der Waals surface area contributed by atoms with E-state index in [1.54, 1.807) is 17.0 Å². The molecule has 0 N–H and O–H groups in total. The van der Waals surface area contributed by atoms with E-state index in [0.29, 0.717) is 26.2 Å². The highest BCUT2D eigenvalue weighted by Gasteiger charge is 2.26. The first-order valence-electron chi connectivity index (χ1n) is 8.35. The molecule has 2 aromatic carbocycles. The standard InChI is InChI=1S/C19H19FN4O/c1-22-17-9-5-4-8-16(17)21-19(22)24-12-10-23(11-13-24)18(25)14-6-2-3-7-15(14)20/h2-9H,10-13H2,1H3. The van der Waals surface area contributed by atoms with Gasteiger partial charge in [-0.05, 0) is 24.3 Å². The summed E-state index contributed by atoms with van der Waals surface area (Å²) in [5.74, 6) is 0.187. The van der Waals surface area contributed by atoms with Gasteiger partial charge in [-0.3, -0.25) is 4.79 Å². The molecule has 0 atom stereocenters. The van der Waals surface area contributed by atoms with Crippen molar-refractivity contribution in [3.8, 4) is 0 Å². The zero-order valence-corrected chi connectivity index (χ0v) is 14.0. The maximum absolute atomic E-state index is 13.8. The molecule has 1 saturated heterocycles. The van der Waals surface area contributed by atoms with Crippen LogP contribution in [0.2, 0.25) is 0 Å². The van der Waals surface area contributed by atoms with Gasteiger partial charge in [-0.25, -0.2) is 9.37 Å². The normalized spacial score (nSPS) is 15.0. The summed E-state index contributed by atoms with van der Waals surface area (Å²) in [5, 5.41) is 0.